The molecule has 6 nitrogen and oxygen atoms in total. The first-order valence-electron chi connectivity index (χ1n) is 12.2. The van der Waals surface area contributed by atoms with Gasteiger partial charge >= 0.3 is 6.18 Å². The fourth-order valence-corrected chi connectivity index (χ4v) is 5.29. The van der Waals surface area contributed by atoms with Gasteiger partial charge < -0.3 is 14.2 Å². The molecule has 0 bridgehead atoms. The van der Waals surface area contributed by atoms with Crippen molar-refractivity contribution in [1.29, 1.82) is 0 Å². The van der Waals surface area contributed by atoms with Crippen LogP contribution < -0.4 is 0 Å². The highest BCUT2D eigenvalue weighted by molar-refractivity contribution is 5.94. The van der Waals surface area contributed by atoms with E-state index in [0.29, 0.717) is 26.1 Å². The lowest BCUT2D eigenvalue weighted by Gasteiger charge is -2.35. The number of halogens is 3. The Morgan fingerprint density at radius 1 is 1.17 bits per heavy atom. The van der Waals surface area contributed by atoms with E-state index < -0.39 is 17.6 Å². The molecule has 2 aromatic rings. The quantitative estimate of drug-likeness (QED) is 0.570. The number of ether oxygens (including phenoxy) is 1. The topological polar surface area (TPSA) is 64.4 Å². The molecule has 2 heterocycles. The normalized spacial score (nSPS) is 21.6. The third-order valence-electron chi connectivity index (χ3n) is 7.44. The number of hydrogen-bond donors (Lipinski definition) is 0. The molecule has 1 saturated heterocycles. The Labute approximate surface area is 203 Å². The van der Waals surface area contributed by atoms with E-state index in [1.54, 1.807) is 7.05 Å². The maximum absolute atomic E-state index is 13.3. The number of alkyl halides is 3. The van der Waals surface area contributed by atoms with Crippen LogP contribution in [-0.4, -0.2) is 52.4 Å². The molecule has 1 aliphatic heterocycles. The second-order valence-corrected chi connectivity index (χ2v) is 9.68. The van der Waals surface area contributed by atoms with E-state index in [9.17, 15) is 22.8 Å². The molecule has 0 N–H and O–H groups in total. The third kappa shape index (κ3) is 5.77. The molecular formula is C26H32F3N3O3. The molecule has 1 saturated carbocycles. The van der Waals surface area contributed by atoms with Crippen molar-refractivity contribution in [3.63, 3.8) is 0 Å². The highest BCUT2D eigenvalue weighted by Gasteiger charge is 2.34. The van der Waals surface area contributed by atoms with Crippen molar-refractivity contribution in [3.8, 4) is 0 Å². The van der Waals surface area contributed by atoms with Crippen LogP contribution in [0.4, 0.5) is 13.2 Å². The Kier molecular flexibility index (Phi) is 7.64. The second kappa shape index (κ2) is 10.5. The van der Waals surface area contributed by atoms with Crippen LogP contribution >= 0.6 is 0 Å². The molecule has 0 unspecified atom stereocenters. The number of amides is 1. The Balaban J connectivity index is 1.42. The Bertz CT molecular complexity index is 1060. The Morgan fingerprint density at radius 2 is 1.91 bits per heavy atom. The van der Waals surface area contributed by atoms with Crippen molar-refractivity contribution in [2.45, 2.75) is 70.1 Å². The highest BCUT2D eigenvalue weighted by atomic mass is 19.4. The van der Waals surface area contributed by atoms with Gasteiger partial charge in [0.15, 0.2) is 0 Å². The predicted octanol–water partition coefficient (Wildman–Crippen LogP) is 5.00. The van der Waals surface area contributed by atoms with Crippen LogP contribution in [-0.2, 0) is 22.1 Å². The number of ketones is 1. The highest BCUT2D eigenvalue weighted by Crippen LogP contribution is 2.32. The summed E-state index contributed by atoms with van der Waals surface area (Å²) in [6, 6.07) is 4.59. The van der Waals surface area contributed by atoms with Gasteiger partial charge in [-0.05, 0) is 57.2 Å². The van der Waals surface area contributed by atoms with Crippen LogP contribution in [0.3, 0.4) is 0 Å². The zero-order valence-electron chi connectivity index (χ0n) is 20.2. The third-order valence-corrected chi connectivity index (χ3v) is 7.44. The lowest BCUT2D eigenvalue weighted by atomic mass is 9.81. The number of hydrogen-bond acceptors (Lipinski definition) is 4. The predicted molar refractivity (Wildman–Crippen MR) is 124 cm³/mol. The van der Waals surface area contributed by atoms with Gasteiger partial charge in [0, 0.05) is 55.9 Å². The SMILES string of the molecule is Cc1ncn(C2CCOCC2)c1CC(=O)[C@H]1CCC[C@@H](N(C)C(=O)c2cccc(C(F)(F)F)c2)C1. The summed E-state index contributed by atoms with van der Waals surface area (Å²) in [5.41, 5.74) is 0.961. The number of benzene rings is 1. The van der Waals surface area contributed by atoms with Crippen molar-refractivity contribution in [1.82, 2.24) is 14.5 Å². The van der Waals surface area contributed by atoms with Crippen molar-refractivity contribution < 1.29 is 27.5 Å². The van der Waals surface area contributed by atoms with Crippen LogP contribution in [0.25, 0.3) is 0 Å². The standard InChI is InChI=1S/C26H32F3N3O3/c1-17-23(32(16-30-17)21-9-11-35-12-10-21)15-24(33)18-5-4-8-22(14-18)31(2)25(34)19-6-3-7-20(13-19)26(27,28)29/h3,6-7,13,16,18,21-22H,4-5,8-12,14-15H2,1-2H3/t18-,22+/m0/s1. The van der Waals surface area contributed by atoms with Gasteiger partial charge in [-0.3, -0.25) is 9.59 Å². The molecule has 190 valence electrons. The van der Waals surface area contributed by atoms with Gasteiger partial charge in [0.25, 0.3) is 5.91 Å². The lowest BCUT2D eigenvalue weighted by molar-refractivity contribution is -0.137. The van der Waals surface area contributed by atoms with E-state index in [2.05, 4.69) is 9.55 Å². The van der Waals surface area contributed by atoms with E-state index in [0.717, 1.165) is 55.6 Å². The fourth-order valence-electron chi connectivity index (χ4n) is 5.29. The summed E-state index contributed by atoms with van der Waals surface area (Å²) < 4.78 is 46.8. The minimum Gasteiger partial charge on any atom is -0.381 e. The monoisotopic (exact) mass is 491 g/mol. The fraction of sp³-hybridized carbons (Fsp3) is 0.577. The molecule has 0 radical (unpaired) electrons. The van der Waals surface area contributed by atoms with E-state index in [4.69, 9.17) is 4.74 Å². The molecule has 1 aromatic carbocycles. The Morgan fingerprint density at radius 3 is 2.63 bits per heavy atom. The first-order chi connectivity index (χ1) is 16.6. The average molecular weight is 492 g/mol. The summed E-state index contributed by atoms with van der Waals surface area (Å²) in [5, 5.41) is 0. The maximum atomic E-state index is 13.3. The summed E-state index contributed by atoms with van der Waals surface area (Å²) in [6.45, 7) is 3.32. The molecule has 2 fully saturated rings. The zero-order valence-corrected chi connectivity index (χ0v) is 20.2. The van der Waals surface area contributed by atoms with Gasteiger partial charge in [0.1, 0.15) is 5.78 Å². The molecule has 1 amide bonds. The Hall–Kier alpha value is -2.68. The van der Waals surface area contributed by atoms with Gasteiger partial charge in [0.2, 0.25) is 0 Å². The summed E-state index contributed by atoms with van der Waals surface area (Å²) in [7, 11) is 1.62. The number of aromatic nitrogens is 2. The second-order valence-electron chi connectivity index (χ2n) is 9.68. The van der Waals surface area contributed by atoms with Crippen LogP contribution in [0, 0.1) is 12.8 Å². The van der Waals surface area contributed by atoms with Crippen LogP contribution in [0.2, 0.25) is 0 Å². The lowest BCUT2D eigenvalue weighted by Crippen LogP contribution is -2.41. The van der Waals surface area contributed by atoms with Crippen molar-refractivity contribution in [2.75, 3.05) is 20.3 Å². The summed E-state index contributed by atoms with van der Waals surface area (Å²) in [4.78, 5) is 32.3. The maximum Gasteiger partial charge on any atom is 0.416 e. The number of rotatable bonds is 6. The number of nitrogens with zero attached hydrogens (tertiary/aromatic N) is 3. The van der Waals surface area contributed by atoms with Crippen molar-refractivity contribution >= 4 is 11.7 Å². The summed E-state index contributed by atoms with van der Waals surface area (Å²) >= 11 is 0. The first-order valence-corrected chi connectivity index (χ1v) is 12.2. The minimum absolute atomic E-state index is 0.00626. The molecule has 0 spiro atoms. The van der Waals surface area contributed by atoms with Gasteiger partial charge in [-0.15, -0.1) is 0 Å². The molecular weight excluding hydrogens is 459 g/mol. The molecule has 1 aliphatic carbocycles. The minimum atomic E-state index is -4.51. The van der Waals surface area contributed by atoms with Crippen LogP contribution in [0.1, 0.15) is 71.9 Å². The van der Waals surface area contributed by atoms with Crippen molar-refractivity contribution in [3.05, 3.63) is 53.1 Å². The van der Waals surface area contributed by atoms with Gasteiger partial charge in [-0.25, -0.2) is 4.98 Å². The van der Waals surface area contributed by atoms with Crippen LogP contribution in [0.15, 0.2) is 30.6 Å². The van der Waals surface area contributed by atoms with E-state index in [-0.39, 0.29) is 29.3 Å². The van der Waals surface area contributed by atoms with Crippen LogP contribution in [0.5, 0.6) is 0 Å². The van der Waals surface area contributed by atoms with E-state index in [1.807, 2.05) is 13.3 Å². The molecule has 35 heavy (non-hydrogen) atoms. The molecule has 2 aliphatic rings. The van der Waals surface area contributed by atoms with Gasteiger partial charge in [-0.1, -0.05) is 12.5 Å². The average Bonchev–Trinajstić information content (AvgIpc) is 3.23. The van der Waals surface area contributed by atoms with Gasteiger partial charge in [0.05, 0.1) is 17.6 Å². The number of aryl methyl sites for hydroxylation is 1. The van der Waals surface area contributed by atoms with E-state index in [1.165, 1.54) is 17.0 Å². The summed E-state index contributed by atoms with van der Waals surface area (Å²) in [6.07, 6.45) is 2.19. The molecule has 2 atom stereocenters. The molecule has 1 aromatic heterocycles. The first kappa shape index (κ1) is 25.4. The number of carbonyl (C=O) groups is 2. The smallest absolute Gasteiger partial charge is 0.381 e. The number of Topliss-reactive ketones (excluding diaryl/α,β-unsaturated/α-hetero) is 1. The molecule has 4 rings (SSSR count). The zero-order chi connectivity index (χ0) is 25.2. The molecule has 9 heteroatoms. The number of carbonyl (C=O) groups excluding carboxylic acids is 2. The number of imidazole rings is 1. The largest absolute Gasteiger partial charge is 0.416 e. The van der Waals surface area contributed by atoms with E-state index >= 15 is 0 Å². The van der Waals surface area contributed by atoms with Crippen molar-refractivity contribution in [2.24, 2.45) is 5.92 Å². The van der Waals surface area contributed by atoms with Gasteiger partial charge in [-0.2, -0.15) is 13.2 Å². The summed E-state index contributed by atoms with van der Waals surface area (Å²) in [5.74, 6) is -0.517.